The van der Waals surface area contributed by atoms with Crippen LogP contribution in [0.4, 0.5) is 5.82 Å². The van der Waals surface area contributed by atoms with Crippen molar-refractivity contribution in [2.75, 3.05) is 5.32 Å². The van der Waals surface area contributed by atoms with Gasteiger partial charge in [0.2, 0.25) is 0 Å². The van der Waals surface area contributed by atoms with Gasteiger partial charge < -0.3 is 10.6 Å². The lowest BCUT2D eigenvalue weighted by Crippen LogP contribution is -2.40. The van der Waals surface area contributed by atoms with E-state index in [1.165, 1.54) is 6.20 Å². The molecule has 0 saturated carbocycles. The van der Waals surface area contributed by atoms with E-state index >= 15 is 0 Å². The molecule has 25 heavy (non-hydrogen) atoms. The van der Waals surface area contributed by atoms with E-state index < -0.39 is 0 Å². The Hall–Kier alpha value is -2.96. The number of pyridine rings is 1. The number of hydrogen-bond donors (Lipinski definition) is 2. The van der Waals surface area contributed by atoms with Gasteiger partial charge in [-0.2, -0.15) is 5.10 Å². The third-order valence-corrected chi connectivity index (χ3v) is 3.60. The first-order valence-electron chi connectivity index (χ1n) is 8.18. The van der Waals surface area contributed by atoms with Crippen LogP contribution in [0.3, 0.4) is 0 Å². The normalized spacial score (nSPS) is 12.8. The zero-order valence-corrected chi connectivity index (χ0v) is 14.8. The van der Waals surface area contributed by atoms with Crippen LogP contribution in [0.25, 0.3) is 5.65 Å². The van der Waals surface area contributed by atoms with Gasteiger partial charge in [-0.05, 0) is 45.9 Å². The summed E-state index contributed by atoms with van der Waals surface area (Å²) >= 11 is 0. The summed E-state index contributed by atoms with van der Waals surface area (Å²) in [5.41, 5.74) is 1.56. The third-order valence-electron chi connectivity index (χ3n) is 3.60. The van der Waals surface area contributed by atoms with E-state index in [0.29, 0.717) is 17.0 Å². The molecule has 2 N–H and O–H groups in total. The van der Waals surface area contributed by atoms with Crippen molar-refractivity contribution in [2.24, 2.45) is 0 Å². The lowest BCUT2D eigenvalue weighted by molar-refractivity contribution is 0.0921. The van der Waals surface area contributed by atoms with Gasteiger partial charge in [-0.15, -0.1) is 0 Å². The van der Waals surface area contributed by atoms with E-state index in [-0.39, 0.29) is 17.5 Å². The van der Waals surface area contributed by atoms with Gasteiger partial charge >= 0.3 is 0 Å². The van der Waals surface area contributed by atoms with Gasteiger partial charge in [-0.3, -0.25) is 9.78 Å². The highest BCUT2D eigenvalue weighted by Crippen LogP contribution is 2.18. The van der Waals surface area contributed by atoms with Crippen molar-refractivity contribution >= 4 is 17.4 Å². The van der Waals surface area contributed by atoms with Crippen LogP contribution in [0.2, 0.25) is 0 Å². The molecular weight excluding hydrogens is 316 g/mol. The molecule has 7 heteroatoms. The SMILES string of the molecule is CC(Nc1ccn2ncc(C(=O)NC(C)(C)C)c2n1)c1ccccn1. The molecule has 3 rings (SSSR count). The molecule has 3 heterocycles. The zero-order valence-electron chi connectivity index (χ0n) is 14.8. The van der Waals surface area contributed by atoms with Gasteiger partial charge in [-0.25, -0.2) is 9.50 Å². The molecule has 0 aliphatic rings. The van der Waals surface area contributed by atoms with Gasteiger partial charge in [0, 0.05) is 17.9 Å². The quantitative estimate of drug-likeness (QED) is 0.764. The van der Waals surface area contributed by atoms with Crippen molar-refractivity contribution in [3.63, 3.8) is 0 Å². The Labute approximate surface area is 146 Å². The first kappa shape index (κ1) is 16.9. The highest BCUT2D eigenvalue weighted by molar-refractivity contribution is 6.00. The maximum Gasteiger partial charge on any atom is 0.257 e. The predicted octanol–water partition coefficient (Wildman–Crippen LogP) is 2.83. The Morgan fingerprint density at radius 1 is 1.24 bits per heavy atom. The molecule has 0 spiro atoms. The second-order valence-corrected chi connectivity index (χ2v) is 6.96. The average molecular weight is 338 g/mol. The summed E-state index contributed by atoms with van der Waals surface area (Å²) < 4.78 is 1.59. The second kappa shape index (κ2) is 6.51. The Morgan fingerprint density at radius 2 is 2.04 bits per heavy atom. The van der Waals surface area contributed by atoms with Crippen molar-refractivity contribution in [3.8, 4) is 0 Å². The topological polar surface area (TPSA) is 84.2 Å². The van der Waals surface area contributed by atoms with E-state index in [4.69, 9.17) is 0 Å². The van der Waals surface area contributed by atoms with Crippen LogP contribution in [0.1, 0.15) is 49.8 Å². The molecule has 1 amide bonds. The molecule has 3 aromatic heterocycles. The Bertz CT molecular complexity index is 881. The first-order chi connectivity index (χ1) is 11.8. The molecule has 0 aliphatic heterocycles. The Morgan fingerprint density at radius 3 is 2.72 bits per heavy atom. The number of nitrogens with zero attached hydrogens (tertiary/aromatic N) is 4. The van der Waals surface area contributed by atoms with Crippen LogP contribution in [0, 0.1) is 0 Å². The summed E-state index contributed by atoms with van der Waals surface area (Å²) in [5, 5.41) is 10.4. The second-order valence-electron chi connectivity index (χ2n) is 6.96. The van der Waals surface area contributed by atoms with E-state index in [1.54, 1.807) is 16.9 Å². The summed E-state index contributed by atoms with van der Waals surface area (Å²) in [7, 11) is 0. The van der Waals surface area contributed by atoms with Crippen LogP contribution in [0.5, 0.6) is 0 Å². The van der Waals surface area contributed by atoms with Crippen molar-refractivity contribution in [2.45, 2.75) is 39.3 Å². The minimum Gasteiger partial charge on any atom is -0.362 e. The van der Waals surface area contributed by atoms with Crippen LogP contribution in [-0.4, -0.2) is 31.0 Å². The molecule has 3 aromatic rings. The highest BCUT2D eigenvalue weighted by atomic mass is 16.1. The Kier molecular flexibility index (Phi) is 4.39. The van der Waals surface area contributed by atoms with Gasteiger partial charge in [0.05, 0.1) is 17.9 Å². The molecule has 1 atom stereocenters. The molecule has 0 radical (unpaired) electrons. The van der Waals surface area contributed by atoms with Crippen molar-refractivity contribution in [3.05, 3.63) is 54.1 Å². The summed E-state index contributed by atoms with van der Waals surface area (Å²) in [4.78, 5) is 21.3. The molecular formula is C18H22N6O. The lowest BCUT2D eigenvalue weighted by atomic mass is 10.1. The zero-order chi connectivity index (χ0) is 18.0. The molecule has 0 aromatic carbocycles. The fraction of sp³-hybridized carbons (Fsp3) is 0.333. The maximum absolute atomic E-state index is 12.5. The smallest absolute Gasteiger partial charge is 0.257 e. The molecule has 0 aliphatic carbocycles. The molecule has 130 valence electrons. The largest absolute Gasteiger partial charge is 0.362 e. The number of rotatable bonds is 4. The summed E-state index contributed by atoms with van der Waals surface area (Å²) in [5.74, 6) is 0.473. The number of amides is 1. The van der Waals surface area contributed by atoms with Crippen LogP contribution in [0.15, 0.2) is 42.9 Å². The molecule has 7 nitrogen and oxygen atoms in total. The monoisotopic (exact) mass is 338 g/mol. The number of hydrogen-bond acceptors (Lipinski definition) is 5. The summed E-state index contributed by atoms with van der Waals surface area (Å²) in [6.07, 6.45) is 5.08. The van der Waals surface area contributed by atoms with Gasteiger partial charge in [0.1, 0.15) is 11.4 Å². The van der Waals surface area contributed by atoms with Gasteiger partial charge in [0.15, 0.2) is 5.65 Å². The number of anilines is 1. The molecule has 0 bridgehead atoms. The molecule has 0 fully saturated rings. The highest BCUT2D eigenvalue weighted by Gasteiger charge is 2.20. The van der Waals surface area contributed by atoms with E-state index in [0.717, 1.165) is 5.69 Å². The van der Waals surface area contributed by atoms with Crippen molar-refractivity contribution in [1.29, 1.82) is 0 Å². The van der Waals surface area contributed by atoms with Crippen LogP contribution >= 0.6 is 0 Å². The van der Waals surface area contributed by atoms with Crippen LogP contribution < -0.4 is 10.6 Å². The van der Waals surface area contributed by atoms with Gasteiger partial charge in [-0.1, -0.05) is 6.07 Å². The fourth-order valence-corrected chi connectivity index (χ4v) is 2.45. The minimum atomic E-state index is -0.325. The number of aromatic nitrogens is 4. The summed E-state index contributed by atoms with van der Waals surface area (Å²) in [6.45, 7) is 7.82. The summed E-state index contributed by atoms with van der Waals surface area (Å²) in [6, 6.07) is 7.60. The van der Waals surface area contributed by atoms with E-state index in [9.17, 15) is 4.79 Å². The number of nitrogens with one attached hydrogen (secondary N) is 2. The standard InChI is InChI=1S/C18H22N6O/c1-12(14-7-5-6-9-19-14)21-15-8-10-24-16(22-15)13(11-20-24)17(25)23-18(2,3)4/h5-12H,1-4H3,(H,21,22)(H,23,25). The van der Waals surface area contributed by atoms with Crippen molar-refractivity contribution in [1.82, 2.24) is 24.9 Å². The van der Waals surface area contributed by atoms with Gasteiger partial charge in [0.25, 0.3) is 5.91 Å². The maximum atomic E-state index is 12.5. The van der Waals surface area contributed by atoms with Crippen molar-refractivity contribution < 1.29 is 4.79 Å². The fourth-order valence-electron chi connectivity index (χ4n) is 2.45. The predicted molar refractivity (Wildman–Crippen MR) is 96.5 cm³/mol. The van der Waals surface area contributed by atoms with E-state index in [2.05, 4.69) is 25.7 Å². The van der Waals surface area contributed by atoms with E-state index in [1.807, 2.05) is 52.0 Å². The Balaban J connectivity index is 1.86. The molecule has 1 unspecified atom stereocenters. The lowest BCUT2D eigenvalue weighted by Gasteiger charge is -2.20. The first-order valence-corrected chi connectivity index (χ1v) is 8.18. The third kappa shape index (κ3) is 3.93. The van der Waals surface area contributed by atoms with Crippen LogP contribution in [-0.2, 0) is 0 Å². The minimum absolute atomic E-state index is 0.00840. The number of carbonyl (C=O) groups excluding carboxylic acids is 1. The number of carbonyl (C=O) groups is 1. The number of fused-ring (bicyclic) bond motifs is 1. The average Bonchev–Trinajstić information content (AvgIpc) is 2.97. The molecule has 0 saturated heterocycles.